The first-order valence-electron chi connectivity index (χ1n) is 7.00. The molecular weight excluding hydrogens is 271 g/mol. The molecule has 1 aliphatic rings. The lowest BCUT2D eigenvalue weighted by molar-refractivity contribution is -0.188. The SMILES string of the molecule is CC(C)NCc1nnc(C2CCCCC2C(F)(F)F)o1. The van der Waals surface area contributed by atoms with Gasteiger partial charge in [-0.25, -0.2) is 0 Å². The standard InChI is InChI=1S/C13H20F3N3O/c1-8(2)17-7-11-18-19-12(20-11)9-5-3-4-6-10(9)13(14,15)16/h8-10,17H,3-7H2,1-2H3. The number of hydrogen-bond donors (Lipinski definition) is 1. The summed E-state index contributed by atoms with van der Waals surface area (Å²) >= 11 is 0. The fourth-order valence-corrected chi connectivity index (χ4v) is 2.60. The summed E-state index contributed by atoms with van der Waals surface area (Å²) in [4.78, 5) is 0. The van der Waals surface area contributed by atoms with Crippen LogP contribution in [0.25, 0.3) is 0 Å². The quantitative estimate of drug-likeness (QED) is 0.923. The molecule has 0 spiro atoms. The Bertz CT molecular complexity index is 431. The first-order chi connectivity index (χ1) is 9.38. The van der Waals surface area contributed by atoms with Gasteiger partial charge in [-0.15, -0.1) is 10.2 Å². The van der Waals surface area contributed by atoms with Crippen LogP contribution in [0.1, 0.15) is 57.2 Å². The van der Waals surface area contributed by atoms with Gasteiger partial charge in [-0.05, 0) is 12.8 Å². The van der Waals surface area contributed by atoms with Crippen molar-refractivity contribution in [3.05, 3.63) is 11.8 Å². The zero-order valence-electron chi connectivity index (χ0n) is 11.7. The van der Waals surface area contributed by atoms with Crippen molar-refractivity contribution in [3.63, 3.8) is 0 Å². The number of hydrogen-bond acceptors (Lipinski definition) is 4. The van der Waals surface area contributed by atoms with Crippen LogP contribution in [0, 0.1) is 5.92 Å². The predicted molar refractivity (Wildman–Crippen MR) is 67.0 cm³/mol. The van der Waals surface area contributed by atoms with Gasteiger partial charge < -0.3 is 9.73 Å². The lowest BCUT2D eigenvalue weighted by Gasteiger charge is -2.30. The minimum Gasteiger partial charge on any atom is -0.424 e. The molecule has 0 saturated heterocycles. The van der Waals surface area contributed by atoms with Crippen molar-refractivity contribution >= 4 is 0 Å². The normalized spacial score (nSPS) is 24.3. The van der Waals surface area contributed by atoms with E-state index in [1.54, 1.807) is 0 Å². The van der Waals surface area contributed by atoms with Gasteiger partial charge in [-0.2, -0.15) is 13.2 Å². The van der Waals surface area contributed by atoms with Crippen molar-refractivity contribution in [2.24, 2.45) is 5.92 Å². The lowest BCUT2D eigenvalue weighted by atomic mass is 9.79. The highest BCUT2D eigenvalue weighted by Crippen LogP contribution is 2.45. The van der Waals surface area contributed by atoms with Crippen molar-refractivity contribution in [1.82, 2.24) is 15.5 Å². The first kappa shape index (κ1) is 15.3. The van der Waals surface area contributed by atoms with E-state index in [-0.39, 0.29) is 18.4 Å². The highest BCUT2D eigenvalue weighted by molar-refractivity contribution is 4.99. The van der Waals surface area contributed by atoms with Crippen molar-refractivity contribution in [2.45, 2.75) is 64.2 Å². The summed E-state index contributed by atoms with van der Waals surface area (Å²) in [7, 11) is 0. The summed E-state index contributed by atoms with van der Waals surface area (Å²) in [6.45, 7) is 4.32. The van der Waals surface area contributed by atoms with Crippen LogP contribution in [0.15, 0.2) is 4.42 Å². The number of alkyl halides is 3. The van der Waals surface area contributed by atoms with Gasteiger partial charge in [0.25, 0.3) is 0 Å². The molecule has 1 aliphatic carbocycles. The zero-order chi connectivity index (χ0) is 14.8. The minimum atomic E-state index is -4.20. The third-order valence-electron chi connectivity index (χ3n) is 3.65. The Balaban J connectivity index is 2.08. The van der Waals surface area contributed by atoms with Crippen LogP contribution >= 0.6 is 0 Å². The molecule has 0 amide bonds. The van der Waals surface area contributed by atoms with E-state index in [0.717, 1.165) is 6.42 Å². The Morgan fingerprint density at radius 3 is 2.60 bits per heavy atom. The summed E-state index contributed by atoms with van der Waals surface area (Å²) in [6, 6.07) is 0.253. The first-order valence-corrected chi connectivity index (χ1v) is 7.00. The van der Waals surface area contributed by atoms with E-state index in [4.69, 9.17) is 4.42 Å². The summed E-state index contributed by atoms with van der Waals surface area (Å²) < 4.78 is 44.5. The van der Waals surface area contributed by atoms with E-state index in [1.165, 1.54) is 0 Å². The molecule has 4 nitrogen and oxygen atoms in total. The van der Waals surface area contributed by atoms with E-state index in [2.05, 4.69) is 15.5 Å². The lowest BCUT2D eigenvalue weighted by Crippen LogP contribution is -2.31. The number of rotatable bonds is 4. The van der Waals surface area contributed by atoms with Crippen LogP contribution < -0.4 is 5.32 Å². The fourth-order valence-electron chi connectivity index (χ4n) is 2.60. The second-order valence-electron chi connectivity index (χ2n) is 5.61. The number of aromatic nitrogens is 2. The van der Waals surface area contributed by atoms with E-state index >= 15 is 0 Å². The van der Waals surface area contributed by atoms with Crippen LogP contribution in [0.3, 0.4) is 0 Å². The molecule has 1 fully saturated rings. The maximum absolute atomic E-state index is 13.0. The molecule has 2 atom stereocenters. The average Bonchev–Trinajstić information content (AvgIpc) is 2.84. The second-order valence-corrected chi connectivity index (χ2v) is 5.61. The molecule has 1 aromatic rings. The second kappa shape index (κ2) is 6.11. The Morgan fingerprint density at radius 2 is 1.95 bits per heavy atom. The van der Waals surface area contributed by atoms with E-state index in [9.17, 15) is 13.2 Å². The van der Waals surface area contributed by atoms with E-state index in [1.807, 2.05) is 13.8 Å². The molecule has 1 N–H and O–H groups in total. The number of nitrogens with zero attached hydrogens (tertiary/aromatic N) is 2. The van der Waals surface area contributed by atoms with Crippen LogP contribution in [-0.2, 0) is 6.54 Å². The predicted octanol–water partition coefficient (Wildman–Crippen LogP) is 3.40. The van der Waals surface area contributed by atoms with Crippen LogP contribution in [0.5, 0.6) is 0 Å². The van der Waals surface area contributed by atoms with Crippen molar-refractivity contribution in [1.29, 1.82) is 0 Å². The molecule has 1 heterocycles. The number of halogens is 3. The Labute approximate surface area is 116 Å². The zero-order valence-corrected chi connectivity index (χ0v) is 11.7. The van der Waals surface area contributed by atoms with Crippen molar-refractivity contribution in [2.75, 3.05) is 0 Å². The minimum absolute atomic E-state index is 0.132. The molecule has 1 aromatic heterocycles. The van der Waals surface area contributed by atoms with Gasteiger partial charge in [-0.1, -0.05) is 26.7 Å². The average molecular weight is 291 g/mol. The highest BCUT2D eigenvalue weighted by Gasteiger charge is 2.47. The van der Waals surface area contributed by atoms with Crippen LogP contribution in [-0.4, -0.2) is 22.4 Å². The molecule has 2 unspecified atom stereocenters. The van der Waals surface area contributed by atoms with Gasteiger partial charge in [0.15, 0.2) is 0 Å². The van der Waals surface area contributed by atoms with Crippen molar-refractivity contribution < 1.29 is 17.6 Å². The van der Waals surface area contributed by atoms with Gasteiger partial charge in [0.05, 0.1) is 12.5 Å². The summed E-state index contributed by atoms with van der Waals surface area (Å²) in [5, 5.41) is 10.8. The van der Waals surface area contributed by atoms with Gasteiger partial charge in [-0.3, -0.25) is 0 Å². The summed E-state index contributed by atoms with van der Waals surface area (Å²) in [5.74, 6) is -1.57. The maximum Gasteiger partial charge on any atom is 0.392 e. The summed E-state index contributed by atoms with van der Waals surface area (Å²) in [5.41, 5.74) is 0. The van der Waals surface area contributed by atoms with E-state index in [0.29, 0.717) is 25.3 Å². The topological polar surface area (TPSA) is 51.0 Å². The smallest absolute Gasteiger partial charge is 0.392 e. The van der Waals surface area contributed by atoms with E-state index < -0.39 is 18.0 Å². The molecule has 0 aliphatic heterocycles. The summed E-state index contributed by atoms with van der Waals surface area (Å²) in [6.07, 6.45) is -2.20. The molecular formula is C13H20F3N3O. The van der Waals surface area contributed by atoms with Gasteiger partial charge in [0, 0.05) is 12.0 Å². The molecule has 0 bridgehead atoms. The number of nitrogens with one attached hydrogen (secondary N) is 1. The molecule has 0 radical (unpaired) electrons. The maximum atomic E-state index is 13.0. The fraction of sp³-hybridized carbons (Fsp3) is 0.846. The van der Waals surface area contributed by atoms with Gasteiger partial charge in [0.2, 0.25) is 11.8 Å². The Morgan fingerprint density at radius 1 is 1.25 bits per heavy atom. The van der Waals surface area contributed by atoms with Crippen molar-refractivity contribution in [3.8, 4) is 0 Å². The largest absolute Gasteiger partial charge is 0.424 e. The van der Waals surface area contributed by atoms with Gasteiger partial charge >= 0.3 is 6.18 Å². The van der Waals surface area contributed by atoms with Gasteiger partial charge in [0.1, 0.15) is 0 Å². The Kier molecular flexibility index (Phi) is 4.67. The molecule has 2 rings (SSSR count). The van der Waals surface area contributed by atoms with Crippen LogP contribution in [0.2, 0.25) is 0 Å². The Hall–Kier alpha value is -1.11. The molecule has 0 aromatic carbocycles. The molecule has 1 saturated carbocycles. The highest BCUT2D eigenvalue weighted by atomic mass is 19.4. The van der Waals surface area contributed by atoms with Crippen LogP contribution in [0.4, 0.5) is 13.2 Å². The molecule has 20 heavy (non-hydrogen) atoms. The third kappa shape index (κ3) is 3.71. The third-order valence-corrected chi connectivity index (χ3v) is 3.65. The molecule has 114 valence electrons. The molecule has 7 heteroatoms. The monoisotopic (exact) mass is 291 g/mol.